The van der Waals surface area contributed by atoms with E-state index in [2.05, 4.69) is 25.7 Å². The molecule has 0 aliphatic heterocycles. The first-order valence-electron chi connectivity index (χ1n) is 18.2. The monoisotopic (exact) mass is 598 g/mol. The zero-order valence-electron chi connectivity index (χ0n) is 28.3. The fourth-order valence-corrected chi connectivity index (χ4v) is 5.50. The first kappa shape index (κ1) is 40.9. The van der Waals surface area contributed by atoms with Crippen LogP contribution in [0.25, 0.3) is 0 Å². The lowest BCUT2D eigenvalue weighted by atomic mass is 9.95. The Morgan fingerprint density at radius 2 is 1.00 bits per heavy atom. The van der Waals surface area contributed by atoms with Crippen molar-refractivity contribution in [3.8, 4) is 0 Å². The second-order valence-corrected chi connectivity index (χ2v) is 12.3. The van der Waals surface area contributed by atoms with Gasteiger partial charge < -0.3 is 19.5 Å². The summed E-state index contributed by atoms with van der Waals surface area (Å²) in [7, 11) is 0. The average Bonchev–Trinajstić information content (AvgIpc) is 2.98. The number of rotatable bonds is 33. The van der Waals surface area contributed by atoms with Crippen molar-refractivity contribution in [2.45, 2.75) is 175 Å². The van der Waals surface area contributed by atoms with Gasteiger partial charge in [0.25, 0.3) is 0 Å². The third kappa shape index (κ3) is 27.7. The summed E-state index contributed by atoms with van der Waals surface area (Å²) in [4.78, 5) is 26.8. The summed E-state index contributed by atoms with van der Waals surface area (Å²) in [6.45, 7) is 10.8. The average molecular weight is 598 g/mol. The van der Waals surface area contributed by atoms with Gasteiger partial charge in [0.1, 0.15) is 0 Å². The van der Waals surface area contributed by atoms with E-state index in [0.717, 1.165) is 103 Å². The van der Waals surface area contributed by atoms with Crippen LogP contribution in [-0.2, 0) is 19.1 Å². The van der Waals surface area contributed by atoms with E-state index in [0.29, 0.717) is 19.6 Å². The summed E-state index contributed by atoms with van der Waals surface area (Å²) >= 11 is 0. The van der Waals surface area contributed by atoms with Crippen molar-refractivity contribution in [3.05, 3.63) is 0 Å². The number of hydrogen-bond donors (Lipinski definition) is 1. The number of aliphatic hydroxyl groups excluding tert-OH is 1. The zero-order chi connectivity index (χ0) is 30.9. The Bertz CT molecular complexity index is 585. The number of ether oxygens (including phenoxy) is 2. The summed E-state index contributed by atoms with van der Waals surface area (Å²) in [5.41, 5.74) is 0. The fourth-order valence-electron chi connectivity index (χ4n) is 5.50. The summed E-state index contributed by atoms with van der Waals surface area (Å²) in [5, 5.41) is 9.45. The van der Waals surface area contributed by atoms with E-state index < -0.39 is 0 Å². The number of aliphatic hydroxyl groups is 1. The smallest absolute Gasteiger partial charge is 0.308 e. The summed E-state index contributed by atoms with van der Waals surface area (Å²) < 4.78 is 11.0. The zero-order valence-corrected chi connectivity index (χ0v) is 28.3. The maximum Gasteiger partial charge on any atom is 0.308 e. The minimum Gasteiger partial charge on any atom is -0.466 e. The topological polar surface area (TPSA) is 76.1 Å². The molecule has 0 saturated heterocycles. The molecule has 0 spiro atoms. The number of carbonyl (C=O) groups is 2. The normalized spacial score (nSPS) is 12.1. The van der Waals surface area contributed by atoms with Crippen LogP contribution in [0.3, 0.4) is 0 Å². The van der Waals surface area contributed by atoms with E-state index in [9.17, 15) is 14.7 Å². The number of hydrogen-bond acceptors (Lipinski definition) is 6. The molecule has 0 aliphatic carbocycles. The van der Waals surface area contributed by atoms with Gasteiger partial charge >= 0.3 is 11.9 Å². The molecule has 0 rings (SSSR count). The second kappa shape index (κ2) is 32.8. The molecule has 0 fully saturated rings. The van der Waals surface area contributed by atoms with Crippen LogP contribution >= 0.6 is 0 Å². The summed E-state index contributed by atoms with van der Waals surface area (Å²) in [5.74, 6) is 0.0961. The van der Waals surface area contributed by atoms with E-state index in [-0.39, 0.29) is 24.5 Å². The highest BCUT2D eigenvalue weighted by molar-refractivity contribution is 5.72. The predicted molar refractivity (Wildman–Crippen MR) is 177 cm³/mol. The maximum atomic E-state index is 12.7. The Balaban J connectivity index is 3.83. The van der Waals surface area contributed by atoms with Crippen LogP contribution in [0.4, 0.5) is 0 Å². The van der Waals surface area contributed by atoms with E-state index >= 15 is 0 Å². The van der Waals surface area contributed by atoms with Gasteiger partial charge in [0, 0.05) is 13.0 Å². The van der Waals surface area contributed by atoms with Crippen LogP contribution in [0.15, 0.2) is 0 Å². The molecule has 0 heterocycles. The molecule has 0 radical (unpaired) electrons. The lowest BCUT2D eigenvalue weighted by Gasteiger charge is -2.21. The molecule has 1 N–H and O–H groups in total. The molecule has 0 bridgehead atoms. The van der Waals surface area contributed by atoms with Crippen LogP contribution in [0, 0.1) is 5.92 Å². The third-order valence-corrected chi connectivity index (χ3v) is 8.29. The molecule has 6 heteroatoms. The lowest BCUT2D eigenvalue weighted by Crippen LogP contribution is -2.29. The van der Waals surface area contributed by atoms with Crippen molar-refractivity contribution in [1.29, 1.82) is 0 Å². The highest BCUT2D eigenvalue weighted by Crippen LogP contribution is 2.20. The first-order valence-corrected chi connectivity index (χ1v) is 18.2. The molecule has 0 aromatic carbocycles. The number of carbonyl (C=O) groups excluding carboxylic acids is 2. The number of nitrogens with zero attached hydrogens (tertiary/aromatic N) is 1. The lowest BCUT2D eigenvalue weighted by molar-refractivity contribution is -0.149. The van der Waals surface area contributed by atoms with Crippen LogP contribution < -0.4 is 0 Å². The molecule has 6 nitrogen and oxygen atoms in total. The molecule has 0 aromatic rings. The maximum absolute atomic E-state index is 12.7. The van der Waals surface area contributed by atoms with Crippen molar-refractivity contribution in [1.82, 2.24) is 4.90 Å². The molecular weight excluding hydrogens is 526 g/mol. The molecule has 1 atom stereocenters. The molecule has 0 aromatic heterocycles. The van der Waals surface area contributed by atoms with E-state index in [4.69, 9.17) is 9.47 Å². The molecule has 42 heavy (non-hydrogen) atoms. The van der Waals surface area contributed by atoms with Gasteiger partial charge in [-0.15, -0.1) is 0 Å². The van der Waals surface area contributed by atoms with Crippen molar-refractivity contribution in [2.75, 3.05) is 39.5 Å². The predicted octanol–water partition coefficient (Wildman–Crippen LogP) is 9.41. The minimum absolute atomic E-state index is 0.0397. The standard InChI is InChI=1S/C36H71NO5/c1-4-7-10-19-26-34(25-18-9-6-3)36(40)42-33-24-17-13-16-22-29-37(30-31-38)28-21-15-12-14-20-27-35(39)41-32-23-11-8-5-2/h34,38H,4-33H2,1-3H3. The molecule has 0 amide bonds. The van der Waals surface area contributed by atoms with Gasteiger partial charge in [-0.3, -0.25) is 9.59 Å². The van der Waals surface area contributed by atoms with Gasteiger partial charge in [-0.25, -0.2) is 0 Å². The Morgan fingerprint density at radius 3 is 1.60 bits per heavy atom. The Hall–Kier alpha value is -1.14. The van der Waals surface area contributed by atoms with Crippen molar-refractivity contribution in [3.63, 3.8) is 0 Å². The Morgan fingerprint density at radius 1 is 0.548 bits per heavy atom. The summed E-state index contributed by atoms with van der Waals surface area (Å²) in [6, 6.07) is 0. The number of esters is 2. The molecule has 250 valence electrons. The molecule has 1 unspecified atom stereocenters. The van der Waals surface area contributed by atoms with Crippen molar-refractivity contribution >= 4 is 11.9 Å². The van der Waals surface area contributed by atoms with Crippen LogP contribution in [0.5, 0.6) is 0 Å². The van der Waals surface area contributed by atoms with Gasteiger partial charge in [-0.05, 0) is 58.0 Å². The molecular formula is C36H71NO5. The Labute approximate surface area is 261 Å². The van der Waals surface area contributed by atoms with Gasteiger partial charge in [-0.1, -0.05) is 124 Å². The van der Waals surface area contributed by atoms with E-state index in [1.807, 2.05) is 0 Å². The van der Waals surface area contributed by atoms with Crippen LogP contribution in [0.1, 0.15) is 175 Å². The van der Waals surface area contributed by atoms with Gasteiger partial charge in [0.15, 0.2) is 0 Å². The fraction of sp³-hybridized carbons (Fsp3) is 0.944. The largest absolute Gasteiger partial charge is 0.466 e. The third-order valence-electron chi connectivity index (χ3n) is 8.29. The summed E-state index contributed by atoms with van der Waals surface area (Å²) in [6.07, 6.45) is 26.5. The van der Waals surface area contributed by atoms with Crippen LogP contribution in [0.2, 0.25) is 0 Å². The highest BCUT2D eigenvalue weighted by atomic mass is 16.5. The Kier molecular flexibility index (Phi) is 31.9. The van der Waals surface area contributed by atoms with Gasteiger partial charge in [0.05, 0.1) is 25.7 Å². The second-order valence-electron chi connectivity index (χ2n) is 12.3. The molecule has 0 saturated carbocycles. The SMILES string of the molecule is CCCCCCOC(=O)CCCCCCCN(CCO)CCCCCCCOC(=O)C(CCCCC)CCCCCC. The quantitative estimate of drug-likeness (QED) is 0.0600. The number of unbranched alkanes of at least 4 members (excludes halogenated alkanes) is 16. The van der Waals surface area contributed by atoms with E-state index in [1.54, 1.807) is 0 Å². The minimum atomic E-state index is -0.0405. The molecule has 0 aliphatic rings. The van der Waals surface area contributed by atoms with E-state index in [1.165, 1.54) is 64.2 Å². The van der Waals surface area contributed by atoms with Crippen LogP contribution in [-0.4, -0.2) is 61.4 Å². The van der Waals surface area contributed by atoms with Gasteiger partial charge in [-0.2, -0.15) is 0 Å². The van der Waals surface area contributed by atoms with Crippen molar-refractivity contribution < 1.29 is 24.2 Å². The first-order chi connectivity index (χ1) is 20.6. The van der Waals surface area contributed by atoms with Gasteiger partial charge in [0.2, 0.25) is 0 Å². The van der Waals surface area contributed by atoms with Crippen molar-refractivity contribution in [2.24, 2.45) is 5.92 Å². The highest BCUT2D eigenvalue weighted by Gasteiger charge is 2.19.